The average Bonchev–Trinajstić information content (AvgIpc) is 2.40. The molecule has 0 spiro atoms. The molecule has 0 bridgehead atoms. The Balaban J connectivity index is 4.41. The van der Waals surface area contributed by atoms with Gasteiger partial charge in [-0.2, -0.15) is 0 Å². The molecule has 0 aromatic rings. The van der Waals surface area contributed by atoms with Gasteiger partial charge in [-0.15, -0.1) is 0 Å². The van der Waals surface area contributed by atoms with E-state index in [1.54, 1.807) is 24.6 Å². The van der Waals surface area contributed by atoms with E-state index in [4.69, 9.17) is 0 Å². The molecule has 0 fully saturated rings. The van der Waals surface area contributed by atoms with Gasteiger partial charge in [0.05, 0.1) is 0 Å². The Morgan fingerprint density at radius 3 is 1.11 bits per heavy atom. The van der Waals surface area contributed by atoms with E-state index < -0.39 is 7.26 Å². The zero-order chi connectivity index (χ0) is 13.7. The molecule has 0 radical (unpaired) electrons. The van der Waals surface area contributed by atoms with E-state index in [9.17, 15) is 0 Å². The van der Waals surface area contributed by atoms with Gasteiger partial charge < -0.3 is 0 Å². The summed E-state index contributed by atoms with van der Waals surface area (Å²) in [6.07, 6.45) is 19.7. The molecule has 0 saturated heterocycles. The molecule has 0 atom stereocenters. The third kappa shape index (κ3) is 8.52. The summed E-state index contributed by atoms with van der Waals surface area (Å²) in [6, 6.07) is 0. The molecule has 0 heterocycles. The summed E-state index contributed by atoms with van der Waals surface area (Å²) >= 11 is 0. The summed E-state index contributed by atoms with van der Waals surface area (Å²) in [5, 5.41) is 0. The van der Waals surface area contributed by atoms with Gasteiger partial charge in [0.1, 0.15) is 0 Å². The van der Waals surface area contributed by atoms with Crippen molar-refractivity contribution in [1.82, 2.24) is 0 Å². The molecular formula is C17H39P. The van der Waals surface area contributed by atoms with Crippen LogP contribution in [-0.4, -0.2) is 24.6 Å². The molecule has 0 amide bonds. The van der Waals surface area contributed by atoms with E-state index in [-0.39, 0.29) is 0 Å². The fourth-order valence-corrected chi connectivity index (χ4v) is 8.97. The van der Waals surface area contributed by atoms with Gasteiger partial charge in [-0.25, -0.2) is 0 Å². The molecule has 18 heavy (non-hydrogen) atoms. The molecular weight excluding hydrogens is 235 g/mol. The maximum absolute atomic E-state index is 2.37. The summed E-state index contributed by atoms with van der Waals surface area (Å²) < 4.78 is 0. The molecule has 1 heteroatoms. The SMILES string of the molecule is CCCCC[PH](CCCC)(CCCC)CCCC. The van der Waals surface area contributed by atoms with Gasteiger partial charge >= 0.3 is 117 Å². The number of rotatable bonds is 13. The van der Waals surface area contributed by atoms with Crippen molar-refractivity contribution in [3.8, 4) is 0 Å². The van der Waals surface area contributed by atoms with Gasteiger partial charge in [0.25, 0.3) is 0 Å². The van der Waals surface area contributed by atoms with Crippen molar-refractivity contribution in [1.29, 1.82) is 0 Å². The van der Waals surface area contributed by atoms with Crippen LogP contribution in [0.15, 0.2) is 0 Å². The van der Waals surface area contributed by atoms with Crippen LogP contribution in [0.1, 0.15) is 85.5 Å². The summed E-state index contributed by atoms with van der Waals surface area (Å²) in [7, 11) is -0.896. The monoisotopic (exact) mass is 274 g/mol. The Hall–Kier alpha value is 0.430. The summed E-state index contributed by atoms with van der Waals surface area (Å²) in [5.74, 6) is 0. The average molecular weight is 274 g/mol. The fraction of sp³-hybridized carbons (Fsp3) is 1.00. The molecule has 0 unspecified atom stereocenters. The van der Waals surface area contributed by atoms with Gasteiger partial charge in [-0.05, 0) is 0 Å². The predicted octanol–water partition coefficient (Wildman–Crippen LogP) is 6.33. The van der Waals surface area contributed by atoms with E-state index in [0.29, 0.717) is 0 Å². The van der Waals surface area contributed by atoms with Crippen LogP contribution in [0.25, 0.3) is 0 Å². The quantitative estimate of drug-likeness (QED) is 0.272. The first-order valence-corrected chi connectivity index (χ1v) is 11.6. The van der Waals surface area contributed by atoms with Crippen LogP contribution >= 0.6 is 7.26 Å². The van der Waals surface area contributed by atoms with Crippen LogP contribution in [0.4, 0.5) is 0 Å². The first-order chi connectivity index (χ1) is 8.74. The number of hydrogen-bond donors (Lipinski definition) is 0. The van der Waals surface area contributed by atoms with Gasteiger partial charge in [-0.1, -0.05) is 0 Å². The Kier molecular flexibility index (Phi) is 12.8. The molecule has 0 rings (SSSR count). The molecule has 112 valence electrons. The van der Waals surface area contributed by atoms with Crippen LogP contribution in [-0.2, 0) is 0 Å². The van der Waals surface area contributed by atoms with Crippen LogP contribution in [0.5, 0.6) is 0 Å². The van der Waals surface area contributed by atoms with Crippen LogP contribution in [0.2, 0.25) is 0 Å². The third-order valence-electron chi connectivity index (χ3n) is 4.49. The first-order valence-electron chi connectivity index (χ1n) is 8.74. The Morgan fingerprint density at radius 1 is 0.444 bits per heavy atom. The Labute approximate surface area is 118 Å². The number of hydrogen-bond acceptors (Lipinski definition) is 0. The van der Waals surface area contributed by atoms with Crippen molar-refractivity contribution in [3.05, 3.63) is 0 Å². The molecule has 0 saturated carbocycles. The maximum atomic E-state index is 2.37. The van der Waals surface area contributed by atoms with Crippen molar-refractivity contribution >= 4 is 7.26 Å². The fourth-order valence-electron chi connectivity index (χ4n) is 3.16. The summed E-state index contributed by atoms with van der Waals surface area (Å²) in [6.45, 7) is 9.44. The molecule has 0 aromatic heterocycles. The minimum absolute atomic E-state index is 0.896. The van der Waals surface area contributed by atoms with Gasteiger partial charge in [0, 0.05) is 0 Å². The molecule has 0 N–H and O–H groups in total. The van der Waals surface area contributed by atoms with E-state index in [1.165, 1.54) is 57.8 Å². The van der Waals surface area contributed by atoms with Gasteiger partial charge in [0.15, 0.2) is 0 Å². The Morgan fingerprint density at radius 2 is 0.778 bits per heavy atom. The summed E-state index contributed by atoms with van der Waals surface area (Å²) in [5.41, 5.74) is 0. The second kappa shape index (κ2) is 12.5. The zero-order valence-corrected chi connectivity index (χ0v) is 14.7. The second-order valence-corrected chi connectivity index (χ2v) is 11.3. The minimum atomic E-state index is -0.896. The van der Waals surface area contributed by atoms with E-state index in [2.05, 4.69) is 27.7 Å². The number of unbranched alkanes of at least 4 members (excludes halogenated alkanes) is 5. The topological polar surface area (TPSA) is 0 Å². The van der Waals surface area contributed by atoms with Crippen LogP contribution in [0.3, 0.4) is 0 Å². The normalized spacial score (nSPS) is 12.9. The van der Waals surface area contributed by atoms with Crippen LogP contribution in [0, 0.1) is 0 Å². The Bertz CT molecular complexity index is 143. The van der Waals surface area contributed by atoms with Gasteiger partial charge in [-0.3, -0.25) is 0 Å². The third-order valence-corrected chi connectivity index (χ3v) is 10.1. The summed E-state index contributed by atoms with van der Waals surface area (Å²) in [4.78, 5) is 0. The molecule has 0 aliphatic rings. The van der Waals surface area contributed by atoms with E-state index >= 15 is 0 Å². The van der Waals surface area contributed by atoms with E-state index in [1.807, 2.05) is 0 Å². The van der Waals surface area contributed by atoms with Crippen molar-refractivity contribution in [3.63, 3.8) is 0 Å². The second-order valence-electron chi connectivity index (χ2n) is 6.27. The van der Waals surface area contributed by atoms with E-state index in [0.717, 1.165) is 0 Å². The van der Waals surface area contributed by atoms with Crippen molar-refractivity contribution < 1.29 is 0 Å². The predicted molar refractivity (Wildman–Crippen MR) is 92.0 cm³/mol. The molecule has 0 aromatic carbocycles. The molecule has 0 nitrogen and oxygen atoms in total. The van der Waals surface area contributed by atoms with Crippen LogP contribution < -0.4 is 0 Å². The molecule has 0 aliphatic carbocycles. The van der Waals surface area contributed by atoms with Gasteiger partial charge in [0.2, 0.25) is 0 Å². The van der Waals surface area contributed by atoms with Crippen molar-refractivity contribution in [2.45, 2.75) is 85.5 Å². The van der Waals surface area contributed by atoms with Crippen molar-refractivity contribution in [2.24, 2.45) is 0 Å². The standard InChI is InChI=1S/C17H39P/c1-5-9-13-17-18(14-10-6-2,15-11-7-3)16-12-8-4/h18H,5-17H2,1-4H3. The zero-order valence-electron chi connectivity index (χ0n) is 13.7. The first kappa shape index (κ1) is 18.4. The van der Waals surface area contributed by atoms with Crippen molar-refractivity contribution in [2.75, 3.05) is 24.6 Å². The molecule has 0 aliphatic heterocycles.